The van der Waals surface area contributed by atoms with E-state index in [2.05, 4.69) is 41.3 Å². The summed E-state index contributed by atoms with van der Waals surface area (Å²) in [5.74, 6) is 0. The summed E-state index contributed by atoms with van der Waals surface area (Å²) in [5, 5.41) is 0.804. The maximum atomic E-state index is 5.89. The molecule has 0 aromatic heterocycles. The van der Waals surface area contributed by atoms with Gasteiger partial charge < -0.3 is 0 Å². The van der Waals surface area contributed by atoms with Gasteiger partial charge in [0.1, 0.15) is 0 Å². The highest BCUT2D eigenvalue weighted by atomic mass is 35.5. The highest BCUT2D eigenvalue weighted by Crippen LogP contribution is 2.24. The number of benzene rings is 2. The summed E-state index contributed by atoms with van der Waals surface area (Å²) in [4.78, 5) is 2.45. The van der Waals surface area contributed by atoms with E-state index in [0.29, 0.717) is 0 Å². The number of hydrogen-bond acceptors (Lipinski definition) is 1. The topological polar surface area (TPSA) is 3.24 Å². The fourth-order valence-corrected chi connectivity index (χ4v) is 2.49. The third-order valence-electron chi connectivity index (χ3n) is 3.23. The molecule has 3 rings (SSSR count). The zero-order valence-electron chi connectivity index (χ0n) is 9.57. The molecule has 0 fully saturated rings. The van der Waals surface area contributed by atoms with Gasteiger partial charge in [-0.1, -0.05) is 48.0 Å². The van der Waals surface area contributed by atoms with E-state index in [1.54, 1.807) is 0 Å². The molecule has 1 aliphatic heterocycles. The third-order valence-corrected chi connectivity index (χ3v) is 3.48. The first kappa shape index (κ1) is 10.8. The Morgan fingerprint density at radius 1 is 0.882 bits per heavy atom. The Hall–Kier alpha value is -1.31. The number of hydrogen-bond donors (Lipinski definition) is 0. The molecule has 1 aliphatic rings. The van der Waals surface area contributed by atoms with Gasteiger partial charge in [0.2, 0.25) is 0 Å². The number of nitrogens with zero attached hydrogens (tertiary/aromatic N) is 1. The third kappa shape index (κ3) is 2.36. The number of rotatable bonds is 2. The minimum atomic E-state index is 0.804. The molecule has 2 heteroatoms. The van der Waals surface area contributed by atoms with E-state index in [0.717, 1.165) is 24.7 Å². The van der Waals surface area contributed by atoms with Gasteiger partial charge in [-0.05, 0) is 28.8 Å². The zero-order chi connectivity index (χ0) is 11.7. The summed E-state index contributed by atoms with van der Waals surface area (Å²) < 4.78 is 0. The van der Waals surface area contributed by atoms with Crippen molar-refractivity contribution >= 4 is 11.6 Å². The van der Waals surface area contributed by atoms with Crippen molar-refractivity contribution in [1.82, 2.24) is 4.90 Å². The normalized spacial score (nSPS) is 14.9. The Bertz CT molecular complexity index is 494. The summed E-state index contributed by atoms with van der Waals surface area (Å²) in [6.45, 7) is 3.10. The van der Waals surface area contributed by atoms with Crippen LogP contribution in [-0.4, -0.2) is 4.90 Å². The Kier molecular flexibility index (Phi) is 2.87. The first-order valence-electron chi connectivity index (χ1n) is 5.85. The fourth-order valence-electron chi connectivity index (χ4n) is 2.36. The molecule has 0 atom stereocenters. The van der Waals surface area contributed by atoms with Gasteiger partial charge >= 0.3 is 0 Å². The van der Waals surface area contributed by atoms with Crippen LogP contribution in [0.25, 0.3) is 0 Å². The lowest BCUT2D eigenvalue weighted by Gasteiger charge is -2.14. The lowest BCUT2D eigenvalue weighted by atomic mass is 10.1. The molecular formula is C15H14ClN. The maximum absolute atomic E-state index is 5.89. The second kappa shape index (κ2) is 4.52. The van der Waals surface area contributed by atoms with Gasteiger partial charge in [-0.3, -0.25) is 4.90 Å². The highest BCUT2D eigenvalue weighted by molar-refractivity contribution is 6.30. The molecule has 0 radical (unpaired) electrons. The SMILES string of the molecule is Clc1ccc(CN2Cc3ccccc3C2)cc1. The van der Waals surface area contributed by atoms with Crippen molar-refractivity contribution in [3.05, 3.63) is 70.2 Å². The van der Waals surface area contributed by atoms with E-state index in [9.17, 15) is 0 Å². The number of halogens is 1. The van der Waals surface area contributed by atoms with Gasteiger partial charge in [0.25, 0.3) is 0 Å². The van der Waals surface area contributed by atoms with Gasteiger partial charge in [0.05, 0.1) is 0 Å². The van der Waals surface area contributed by atoms with Crippen LogP contribution in [0.3, 0.4) is 0 Å². The number of fused-ring (bicyclic) bond motifs is 1. The van der Waals surface area contributed by atoms with Crippen molar-refractivity contribution in [2.75, 3.05) is 0 Å². The van der Waals surface area contributed by atoms with Crippen molar-refractivity contribution in [3.63, 3.8) is 0 Å². The molecule has 86 valence electrons. The molecular weight excluding hydrogens is 230 g/mol. The van der Waals surface area contributed by atoms with Gasteiger partial charge in [0.15, 0.2) is 0 Å². The predicted octanol–water partition coefficient (Wildman–Crippen LogP) is 3.86. The average Bonchev–Trinajstić information content (AvgIpc) is 2.74. The first-order valence-corrected chi connectivity index (χ1v) is 6.23. The molecule has 2 aromatic carbocycles. The molecule has 0 aliphatic carbocycles. The standard InChI is InChI=1S/C15H14ClN/c16-15-7-5-12(6-8-15)9-17-10-13-3-1-2-4-14(13)11-17/h1-8H,9-11H2. The molecule has 1 heterocycles. The summed E-state index contributed by atoms with van der Waals surface area (Å²) in [7, 11) is 0. The second-order valence-corrected chi connectivity index (χ2v) is 4.98. The van der Waals surface area contributed by atoms with Crippen molar-refractivity contribution in [2.45, 2.75) is 19.6 Å². The van der Waals surface area contributed by atoms with Crippen molar-refractivity contribution in [1.29, 1.82) is 0 Å². The van der Waals surface area contributed by atoms with E-state index < -0.39 is 0 Å². The monoisotopic (exact) mass is 243 g/mol. The smallest absolute Gasteiger partial charge is 0.0406 e. The minimum Gasteiger partial charge on any atom is -0.291 e. The zero-order valence-corrected chi connectivity index (χ0v) is 10.3. The van der Waals surface area contributed by atoms with Crippen LogP contribution in [0.2, 0.25) is 5.02 Å². The van der Waals surface area contributed by atoms with E-state index in [1.165, 1.54) is 16.7 Å². The van der Waals surface area contributed by atoms with E-state index in [-0.39, 0.29) is 0 Å². The Balaban J connectivity index is 1.71. The van der Waals surface area contributed by atoms with E-state index in [1.807, 2.05) is 12.1 Å². The van der Waals surface area contributed by atoms with Gasteiger partial charge in [0, 0.05) is 24.7 Å². The molecule has 0 saturated carbocycles. The van der Waals surface area contributed by atoms with Crippen LogP contribution in [0.5, 0.6) is 0 Å². The molecule has 17 heavy (non-hydrogen) atoms. The van der Waals surface area contributed by atoms with E-state index in [4.69, 9.17) is 11.6 Å². The van der Waals surface area contributed by atoms with Crippen LogP contribution in [0, 0.1) is 0 Å². The van der Waals surface area contributed by atoms with Gasteiger partial charge in [-0.15, -0.1) is 0 Å². The summed E-state index contributed by atoms with van der Waals surface area (Å²) in [6.07, 6.45) is 0. The fraction of sp³-hybridized carbons (Fsp3) is 0.200. The average molecular weight is 244 g/mol. The molecule has 0 spiro atoms. The first-order chi connectivity index (χ1) is 8.31. The van der Waals surface area contributed by atoms with Crippen LogP contribution >= 0.6 is 11.6 Å². The Morgan fingerprint density at radius 2 is 1.47 bits per heavy atom. The van der Waals surface area contributed by atoms with Crippen molar-refractivity contribution in [3.8, 4) is 0 Å². The largest absolute Gasteiger partial charge is 0.291 e. The quantitative estimate of drug-likeness (QED) is 0.774. The van der Waals surface area contributed by atoms with E-state index >= 15 is 0 Å². The molecule has 0 unspecified atom stereocenters. The van der Waals surface area contributed by atoms with Crippen LogP contribution in [-0.2, 0) is 19.6 Å². The van der Waals surface area contributed by atoms with Crippen LogP contribution in [0.1, 0.15) is 16.7 Å². The summed E-state index contributed by atoms with van der Waals surface area (Å²) in [6, 6.07) is 16.8. The molecule has 2 aromatic rings. The minimum absolute atomic E-state index is 0.804. The summed E-state index contributed by atoms with van der Waals surface area (Å²) in [5.41, 5.74) is 4.24. The lowest BCUT2D eigenvalue weighted by molar-refractivity contribution is 0.275. The lowest BCUT2D eigenvalue weighted by Crippen LogP contribution is -2.15. The van der Waals surface area contributed by atoms with Crippen molar-refractivity contribution in [2.24, 2.45) is 0 Å². The molecule has 0 bridgehead atoms. The van der Waals surface area contributed by atoms with Crippen LogP contribution in [0.15, 0.2) is 48.5 Å². The van der Waals surface area contributed by atoms with Gasteiger partial charge in [-0.2, -0.15) is 0 Å². The van der Waals surface area contributed by atoms with Crippen molar-refractivity contribution < 1.29 is 0 Å². The predicted molar refractivity (Wildman–Crippen MR) is 70.8 cm³/mol. The molecule has 0 N–H and O–H groups in total. The highest BCUT2D eigenvalue weighted by Gasteiger charge is 2.17. The molecule has 0 amide bonds. The second-order valence-electron chi connectivity index (χ2n) is 4.54. The van der Waals surface area contributed by atoms with Crippen LogP contribution < -0.4 is 0 Å². The summed E-state index contributed by atoms with van der Waals surface area (Å²) >= 11 is 5.89. The Morgan fingerprint density at radius 3 is 2.06 bits per heavy atom. The Labute approximate surface area is 107 Å². The maximum Gasteiger partial charge on any atom is 0.0406 e. The molecule has 0 saturated heterocycles. The molecule has 1 nitrogen and oxygen atoms in total. The van der Waals surface area contributed by atoms with Crippen LogP contribution in [0.4, 0.5) is 0 Å². The van der Waals surface area contributed by atoms with Gasteiger partial charge in [-0.25, -0.2) is 0 Å².